The summed E-state index contributed by atoms with van der Waals surface area (Å²) >= 11 is 0. The lowest BCUT2D eigenvalue weighted by Crippen LogP contribution is -2.37. The molecule has 2 rings (SSSR count). The third-order valence-corrected chi connectivity index (χ3v) is 6.10. The van der Waals surface area contributed by atoms with Crippen molar-refractivity contribution >= 4 is 25.8 Å². The van der Waals surface area contributed by atoms with Gasteiger partial charge in [-0.1, -0.05) is 0 Å². The number of amides is 1. The number of nitrogens with zero attached hydrogens (tertiary/aromatic N) is 1. The maximum atomic E-state index is 12.4. The molecule has 0 unspecified atom stereocenters. The summed E-state index contributed by atoms with van der Waals surface area (Å²) in [5, 5.41) is 2.60. The molecule has 1 fully saturated rings. The molecule has 1 amide bonds. The first-order valence-electron chi connectivity index (χ1n) is 6.28. The van der Waals surface area contributed by atoms with Gasteiger partial charge in [0, 0.05) is 19.3 Å². The lowest BCUT2D eigenvalue weighted by molar-refractivity contribution is -0.120. The number of rotatable bonds is 3. The molecular formula is C12H16N2O5S2. The van der Waals surface area contributed by atoms with Crippen molar-refractivity contribution in [1.82, 2.24) is 9.62 Å². The van der Waals surface area contributed by atoms with E-state index in [1.54, 1.807) is 0 Å². The van der Waals surface area contributed by atoms with E-state index in [1.165, 1.54) is 24.3 Å². The molecular weight excluding hydrogens is 316 g/mol. The number of carbonyl (C=O) groups is 1. The zero-order valence-corrected chi connectivity index (χ0v) is 13.1. The Labute approximate surface area is 123 Å². The molecule has 0 spiro atoms. The summed E-state index contributed by atoms with van der Waals surface area (Å²) in [5.41, 5.74) is 0. The largest absolute Gasteiger partial charge is 0.355 e. The molecule has 0 atom stereocenters. The molecule has 1 saturated heterocycles. The van der Waals surface area contributed by atoms with Gasteiger partial charge in [-0.05, 0) is 30.7 Å². The van der Waals surface area contributed by atoms with Crippen molar-refractivity contribution < 1.29 is 21.6 Å². The monoisotopic (exact) mass is 332 g/mol. The summed E-state index contributed by atoms with van der Waals surface area (Å²) in [5.74, 6) is -0.344. The van der Waals surface area contributed by atoms with Crippen molar-refractivity contribution in [2.45, 2.75) is 16.2 Å². The molecule has 1 aromatic rings. The topological polar surface area (TPSA) is 101 Å². The quantitative estimate of drug-likeness (QED) is 0.812. The fourth-order valence-corrected chi connectivity index (χ4v) is 4.06. The zero-order chi connectivity index (χ0) is 15.7. The van der Waals surface area contributed by atoms with E-state index in [-0.39, 0.29) is 28.8 Å². The summed E-state index contributed by atoms with van der Waals surface area (Å²) < 4.78 is 48.7. The molecule has 1 aliphatic heterocycles. The lowest BCUT2D eigenvalue weighted by Gasteiger charge is -2.18. The van der Waals surface area contributed by atoms with Gasteiger partial charge in [0.05, 0.1) is 16.3 Å². The summed E-state index contributed by atoms with van der Waals surface area (Å²) in [6, 6.07) is 4.99. The van der Waals surface area contributed by atoms with Gasteiger partial charge in [-0.3, -0.25) is 4.79 Å². The van der Waals surface area contributed by atoms with E-state index in [1.807, 2.05) is 0 Å². The maximum Gasteiger partial charge on any atom is 0.243 e. The maximum absolute atomic E-state index is 12.4. The first-order chi connectivity index (χ1) is 9.71. The number of hydrogen-bond donors (Lipinski definition) is 1. The minimum Gasteiger partial charge on any atom is -0.355 e. The smallest absolute Gasteiger partial charge is 0.243 e. The third kappa shape index (κ3) is 3.60. The van der Waals surface area contributed by atoms with Gasteiger partial charge in [0.25, 0.3) is 0 Å². The fraction of sp³-hybridized carbons (Fsp3) is 0.417. The van der Waals surface area contributed by atoms with Crippen LogP contribution < -0.4 is 5.32 Å². The van der Waals surface area contributed by atoms with Crippen molar-refractivity contribution in [2.75, 3.05) is 25.9 Å². The van der Waals surface area contributed by atoms with Crippen LogP contribution in [0.1, 0.15) is 6.42 Å². The Balaban J connectivity index is 2.33. The molecule has 1 aromatic carbocycles. The van der Waals surface area contributed by atoms with Crippen LogP contribution in [0.15, 0.2) is 34.1 Å². The summed E-state index contributed by atoms with van der Waals surface area (Å²) in [6.45, 7) is 0.461. The van der Waals surface area contributed by atoms with Crippen molar-refractivity contribution in [2.24, 2.45) is 0 Å². The van der Waals surface area contributed by atoms with E-state index in [9.17, 15) is 21.6 Å². The Hall–Kier alpha value is -1.45. The Morgan fingerprint density at radius 3 is 2.19 bits per heavy atom. The average Bonchev–Trinajstić information content (AvgIpc) is 2.63. The predicted molar refractivity (Wildman–Crippen MR) is 75.9 cm³/mol. The highest BCUT2D eigenvalue weighted by Gasteiger charge is 2.28. The minimum absolute atomic E-state index is 0.0235. The first-order valence-corrected chi connectivity index (χ1v) is 9.61. The molecule has 21 heavy (non-hydrogen) atoms. The van der Waals surface area contributed by atoms with Crippen LogP contribution in [-0.4, -0.2) is 52.9 Å². The van der Waals surface area contributed by atoms with Crippen LogP contribution in [0.3, 0.4) is 0 Å². The summed E-state index contributed by atoms with van der Waals surface area (Å²) in [6.07, 6.45) is 1.59. The second kappa shape index (κ2) is 5.74. The Morgan fingerprint density at radius 2 is 1.62 bits per heavy atom. The molecule has 1 heterocycles. The number of benzene rings is 1. The molecule has 0 radical (unpaired) electrons. The highest BCUT2D eigenvalue weighted by Crippen LogP contribution is 2.19. The van der Waals surface area contributed by atoms with Gasteiger partial charge in [-0.25, -0.2) is 16.8 Å². The number of carbonyl (C=O) groups excluding carboxylic acids is 1. The number of sulfonamides is 1. The predicted octanol–water partition coefficient (Wildman–Crippen LogP) is -0.399. The van der Waals surface area contributed by atoms with E-state index in [4.69, 9.17) is 0 Å². The summed E-state index contributed by atoms with van der Waals surface area (Å²) in [7, 11) is -7.18. The average molecular weight is 332 g/mol. The van der Waals surface area contributed by atoms with Crippen molar-refractivity contribution in [3.8, 4) is 0 Å². The van der Waals surface area contributed by atoms with Crippen molar-refractivity contribution in [3.63, 3.8) is 0 Å². The SMILES string of the molecule is CS(=O)(=O)c1ccc(S(=O)(=O)N2CCCNC(=O)C2)cc1. The highest BCUT2D eigenvalue weighted by atomic mass is 32.2. The second-order valence-corrected chi connectivity index (χ2v) is 8.74. The lowest BCUT2D eigenvalue weighted by atomic mass is 10.4. The van der Waals surface area contributed by atoms with Crippen molar-refractivity contribution in [1.29, 1.82) is 0 Å². The molecule has 116 valence electrons. The first kappa shape index (κ1) is 15.9. The normalized spacial score (nSPS) is 18.0. The van der Waals surface area contributed by atoms with Crippen molar-refractivity contribution in [3.05, 3.63) is 24.3 Å². The van der Waals surface area contributed by atoms with Gasteiger partial charge in [0.1, 0.15) is 0 Å². The second-order valence-electron chi connectivity index (χ2n) is 4.79. The Kier molecular flexibility index (Phi) is 4.35. The fourth-order valence-electron chi connectivity index (χ4n) is 1.99. The number of sulfone groups is 1. The van der Waals surface area contributed by atoms with Gasteiger partial charge >= 0.3 is 0 Å². The van der Waals surface area contributed by atoms with Gasteiger partial charge < -0.3 is 5.32 Å². The molecule has 0 saturated carbocycles. The van der Waals surface area contributed by atoms with E-state index in [0.29, 0.717) is 13.0 Å². The van der Waals surface area contributed by atoms with Gasteiger partial charge in [0.2, 0.25) is 15.9 Å². The number of nitrogens with one attached hydrogen (secondary N) is 1. The van der Waals surface area contributed by atoms with E-state index >= 15 is 0 Å². The standard InChI is InChI=1S/C12H16N2O5S2/c1-20(16,17)10-3-5-11(6-4-10)21(18,19)14-8-2-7-13-12(15)9-14/h3-6H,2,7-9H2,1H3,(H,13,15). The van der Waals surface area contributed by atoms with E-state index in [0.717, 1.165) is 10.6 Å². The minimum atomic E-state index is -3.80. The van der Waals surface area contributed by atoms with Gasteiger partial charge in [0.15, 0.2) is 9.84 Å². The highest BCUT2D eigenvalue weighted by molar-refractivity contribution is 7.90. The van der Waals surface area contributed by atoms with Crippen LogP contribution in [0.25, 0.3) is 0 Å². The van der Waals surface area contributed by atoms with Crippen LogP contribution in [0.5, 0.6) is 0 Å². The summed E-state index contributed by atoms with van der Waals surface area (Å²) in [4.78, 5) is 11.5. The van der Waals surface area contributed by atoms with Crippen LogP contribution >= 0.6 is 0 Å². The van der Waals surface area contributed by atoms with Crippen LogP contribution in [0.4, 0.5) is 0 Å². The molecule has 1 aliphatic rings. The molecule has 0 aromatic heterocycles. The third-order valence-electron chi connectivity index (χ3n) is 3.12. The molecule has 0 aliphatic carbocycles. The van der Waals surface area contributed by atoms with Crippen LogP contribution in [-0.2, 0) is 24.7 Å². The Morgan fingerprint density at radius 1 is 1.05 bits per heavy atom. The van der Waals surface area contributed by atoms with Crippen LogP contribution in [0.2, 0.25) is 0 Å². The number of hydrogen-bond acceptors (Lipinski definition) is 5. The van der Waals surface area contributed by atoms with Gasteiger partial charge in [-0.15, -0.1) is 0 Å². The molecule has 7 nitrogen and oxygen atoms in total. The molecule has 9 heteroatoms. The molecule has 1 N–H and O–H groups in total. The van der Waals surface area contributed by atoms with Crippen LogP contribution in [0, 0.1) is 0 Å². The van der Waals surface area contributed by atoms with E-state index in [2.05, 4.69) is 5.32 Å². The molecule has 0 bridgehead atoms. The Bertz CT molecular complexity index is 738. The van der Waals surface area contributed by atoms with Gasteiger partial charge in [-0.2, -0.15) is 4.31 Å². The van der Waals surface area contributed by atoms with E-state index < -0.39 is 19.9 Å². The zero-order valence-electron chi connectivity index (χ0n) is 11.4.